The minimum atomic E-state index is -5.08. The van der Waals surface area contributed by atoms with E-state index in [0.717, 1.165) is 12.1 Å². The Morgan fingerprint density at radius 2 is 1.48 bits per heavy atom. The van der Waals surface area contributed by atoms with Crippen molar-refractivity contribution in [2.24, 2.45) is 5.92 Å². The summed E-state index contributed by atoms with van der Waals surface area (Å²) < 4.78 is 63.5. The number of hydrogen-bond acceptors (Lipinski definition) is 4. The smallest absolute Gasteiger partial charge is 0.475 e. The van der Waals surface area contributed by atoms with Gasteiger partial charge in [0.2, 0.25) is 0 Å². The molecule has 2 rings (SSSR count). The van der Waals surface area contributed by atoms with Crippen molar-refractivity contribution in [3.8, 4) is 0 Å². The summed E-state index contributed by atoms with van der Waals surface area (Å²) in [6, 6.07) is 0. The van der Waals surface area contributed by atoms with Crippen LogP contribution in [0.2, 0.25) is 0 Å². The van der Waals surface area contributed by atoms with E-state index in [1.807, 2.05) is 0 Å². The van der Waals surface area contributed by atoms with Crippen LogP contribution in [0.5, 0.6) is 0 Å². The maximum Gasteiger partial charge on any atom is 0.490 e. The number of rotatable bonds is 1. The normalized spacial score (nSPS) is 23.4. The van der Waals surface area contributed by atoms with Crippen molar-refractivity contribution in [2.45, 2.75) is 31.9 Å². The zero-order chi connectivity index (χ0) is 18.4. The van der Waals surface area contributed by atoms with Gasteiger partial charge in [-0.05, 0) is 18.9 Å². The second-order valence-electron chi connectivity index (χ2n) is 4.72. The van der Waals surface area contributed by atoms with Crippen LogP contribution >= 0.6 is 0 Å². The highest BCUT2D eigenvalue weighted by molar-refractivity contribution is 5.73. The third-order valence-electron chi connectivity index (χ3n) is 3.02. The number of nitrogens with zero attached hydrogens (tertiary/aromatic N) is 1. The van der Waals surface area contributed by atoms with E-state index < -0.39 is 24.3 Å². The van der Waals surface area contributed by atoms with Gasteiger partial charge in [0.25, 0.3) is 0 Å². The van der Waals surface area contributed by atoms with Gasteiger partial charge in [-0.3, -0.25) is 4.90 Å². The van der Waals surface area contributed by atoms with E-state index >= 15 is 0 Å². The molecule has 2 aliphatic rings. The number of hydrogen-bond donors (Lipinski definition) is 3. The molecule has 136 valence electrons. The summed E-state index contributed by atoms with van der Waals surface area (Å²) in [6.07, 6.45) is -8.03. The highest BCUT2D eigenvalue weighted by atomic mass is 19.4. The number of carboxylic acid groups (broad SMARTS) is 2. The highest BCUT2D eigenvalue weighted by Crippen LogP contribution is 2.25. The first-order chi connectivity index (χ1) is 10.3. The van der Waals surface area contributed by atoms with E-state index in [4.69, 9.17) is 19.8 Å². The fourth-order valence-electron chi connectivity index (χ4n) is 2.01. The van der Waals surface area contributed by atoms with Gasteiger partial charge in [0.05, 0.1) is 6.17 Å². The summed E-state index contributed by atoms with van der Waals surface area (Å²) in [5, 5.41) is 17.7. The summed E-state index contributed by atoms with van der Waals surface area (Å²) in [6.45, 7) is 6.06. The molecule has 2 saturated heterocycles. The minimum absolute atomic E-state index is 0.736. The summed E-state index contributed by atoms with van der Waals surface area (Å²) in [5.41, 5.74) is 0. The van der Waals surface area contributed by atoms with Gasteiger partial charge in [-0.15, -0.1) is 0 Å². The Bertz CT molecular complexity index is 388. The van der Waals surface area contributed by atoms with Crippen LogP contribution in [0.4, 0.5) is 26.3 Å². The van der Waals surface area contributed by atoms with Crippen molar-refractivity contribution in [3.05, 3.63) is 0 Å². The zero-order valence-corrected chi connectivity index (χ0v) is 11.9. The van der Waals surface area contributed by atoms with Gasteiger partial charge in [-0.1, -0.05) is 6.92 Å². The van der Waals surface area contributed by atoms with Crippen LogP contribution in [0.3, 0.4) is 0 Å². The number of aliphatic carboxylic acids is 2. The molecule has 0 saturated carbocycles. The van der Waals surface area contributed by atoms with Crippen LogP contribution in [-0.4, -0.2) is 65.2 Å². The van der Waals surface area contributed by atoms with Crippen molar-refractivity contribution in [3.63, 3.8) is 0 Å². The standard InChI is InChI=1S/C7H14N2.2C2HF3O2/c1-2-9-5-6-3-7(9)8-4-6;2*3-2(4,5)1(6)7/h6-8H,2-5H2,1H3;2*(H,6,7). The second kappa shape index (κ2) is 8.34. The molecular formula is C11H16F6N2O4. The number of halogens is 6. The van der Waals surface area contributed by atoms with Gasteiger partial charge < -0.3 is 15.5 Å². The molecule has 23 heavy (non-hydrogen) atoms. The first-order valence-electron chi connectivity index (χ1n) is 6.36. The first kappa shape index (κ1) is 21.4. The van der Waals surface area contributed by atoms with Crippen molar-refractivity contribution in [1.82, 2.24) is 10.2 Å². The molecule has 0 aliphatic carbocycles. The Balaban J connectivity index is 0.000000322. The minimum Gasteiger partial charge on any atom is -0.475 e. The SMILES string of the molecule is CCN1CC2CNC1C2.O=C(O)C(F)(F)F.O=C(O)C(F)(F)F. The average molecular weight is 354 g/mol. The third kappa shape index (κ3) is 8.02. The molecule has 6 nitrogen and oxygen atoms in total. The lowest BCUT2D eigenvalue weighted by Crippen LogP contribution is -2.43. The molecule has 0 amide bonds. The molecule has 2 unspecified atom stereocenters. The maximum atomic E-state index is 10.6. The molecule has 12 heteroatoms. The number of likely N-dealkylation sites (tertiary alicyclic amines) is 1. The van der Waals surface area contributed by atoms with E-state index in [2.05, 4.69) is 17.1 Å². The lowest BCUT2D eigenvalue weighted by atomic mass is 10.2. The van der Waals surface area contributed by atoms with E-state index in [-0.39, 0.29) is 0 Å². The van der Waals surface area contributed by atoms with Crippen molar-refractivity contribution in [1.29, 1.82) is 0 Å². The number of nitrogens with one attached hydrogen (secondary N) is 1. The molecule has 2 fully saturated rings. The largest absolute Gasteiger partial charge is 0.490 e. The van der Waals surface area contributed by atoms with Crippen molar-refractivity contribution in [2.75, 3.05) is 19.6 Å². The summed E-state index contributed by atoms with van der Waals surface area (Å²) in [4.78, 5) is 20.3. The molecule has 0 aromatic rings. The molecule has 2 aliphatic heterocycles. The average Bonchev–Trinajstić information content (AvgIpc) is 2.99. The summed E-state index contributed by atoms with van der Waals surface area (Å²) >= 11 is 0. The quantitative estimate of drug-likeness (QED) is 0.619. The van der Waals surface area contributed by atoms with Gasteiger partial charge >= 0.3 is 24.3 Å². The number of alkyl halides is 6. The number of fused-ring (bicyclic) bond motifs is 2. The molecule has 2 atom stereocenters. The van der Waals surface area contributed by atoms with Crippen LogP contribution < -0.4 is 5.32 Å². The second-order valence-corrected chi connectivity index (χ2v) is 4.72. The molecule has 0 aromatic carbocycles. The van der Waals surface area contributed by atoms with Crippen LogP contribution in [-0.2, 0) is 9.59 Å². The van der Waals surface area contributed by atoms with Gasteiger partial charge in [0.15, 0.2) is 0 Å². The molecular weight excluding hydrogens is 338 g/mol. The van der Waals surface area contributed by atoms with E-state index in [1.54, 1.807) is 0 Å². The lowest BCUT2D eigenvalue weighted by molar-refractivity contribution is -0.193. The van der Waals surface area contributed by atoms with Crippen LogP contribution in [0.25, 0.3) is 0 Å². The van der Waals surface area contributed by atoms with Crippen molar-refractivity contribution >= 4 is 11.9 Å². The molecule has 0 radical (unpaired) electrons. The fraction of sp³-hybridized carbons (Fsp3) is 0.818. The van der Waals surface area contributed by atoms with Crippen LogP contribution in [0.15, 0.2) is 0 Å². The Kier molecular flexibility index (Phi) is 7.77. The molecule has 0 spiro atoms. The summed E-state index contributed by atoms with van der Waals surface area (Å²) in [5.74, 6) is -4.55. The lowest BCUT2D eigenvalue weighted by Gasteiger charge is -2.25. The molecule has 2 bridgehead atoms. The highest BCUT2D eigenvalue weighted by Gasteiger charge is 2.39. The third-order valence-corrected chi connectivity index (χ3v) is 3.02. The first-order valence-corrected chi connectivity index (χ1v) is 6.36. The van der Waals surface area contributed by atoms with Gasteiger partial charge in [-0.2, -0.15) is 26.3 Å². The van der Waals surface area contributed by atoms with E-state index in [1.165, 1.54) is 26.1 Å². The Morgan fingerprint density at radius 1 is 1.09 bits per heavy atom. The Hall–Kier alpha value is -1.56. The predicted molar refractivity (Wildman–Crippen MR) is 64.5 cm³/mol. The Labute approximate surface area is 127 Å². The van der Waals surface area contributed by atoms with Gasteiger partial charge in [0, 0.05) is 13.1 Å². The molecule has 0 aromatic heterocycles. The molecule has 2 heterocycles. The van der Waals surface area contributed by atoms with Gasteiger partial charge in [-0.25, -0.2) is 9.59 Å². The van der Waals surface area contributed by atoms with E-state index in [0.29, 0.717) is 0 Å². The van der Waals surface area contributed by atoms with Crippen LogP contribution in [0.1, 0.15) is 13.3 Å². The van der Waals surface area contributed by atoms with Crippen LogP contribution in [0, 0.1) is 5.92 Å². The summed E-state index contributed by atoms with van der Waals surface area (Å²) in [7, 11) is 0. The fourth-order valence-corrected chi connectivity index (χ4v) is 2.01. The monoisotopic (exact) mass is 354 g/mol. The van der Waals surface area contributed by atoms with Gasteiger partial charge in [0.1, 0.15) is 0 Å². The van der Waals surface area contributed by atoms with E-state index in [9.17, 15) is 26.3 Å². The van der Waals surface area contributed by atoms with Crippen molar-refractivity contribution < 1.29 is 46.1 Å². The maximum absolute atomic E-state index is 10.6. The topological polar surface area (TPSA) is 89.9 Å². The number of carboxylic acids is 2. The number of carbonyl (C=O) groups is 2. The Morgan fingerprint density at radius 3 is 1.61 bits per heavy atom. The molecule has 3 N–H and O–H groups in total. The zero-order valence-electron chi connectivity index (χ0n) is 11.9. The predicted octanol–water partition coefficient (Wildman–Crippen LogP) is 1.52.